The molecule has 0 aromatic rings. The standard InChI is InChI=1S/C10H20N2/c1-9-4-2-5-10(9,8-11)12-6-3-7-12/h9H,2-8,11H2,1H3. The molecule has 0 radical (unpaired) electrons. The predicted octanol–water partition coefficient (Wildman–Crippen LogP) is 1.21. The van der Waals surface area contributed by atoms with Crippen LogP contribution in [-0.2, 0) is 0 Å². The fraction of sp³-hybridized carbons (Fsp3) is 1.00. The molecule has 0 spiro atoms. The zero-order valence-electron chi connectivity index (χ0n) is 8.05. The predicted molar refractivity (Wildman–Crippen MR) is 51.0 cm³/mol. The summed E-state index contributed by atoms with van der Waals surface area (Å²) in [6, 6.07) is 0. The maximum absolute atomic E-state index is 5.93. The molecular weight excluding hydrogens is 148 g/mol. The molecular formula is C10H20N2. The summed E-state index contributed by atoms with van der Waals surface area (Å²) in [6.45, 7) is 5.83. The van der Waals surface area contributed by atoms with Gasteiger partial charge in [-0.3, -0.25) is 4.90 Å². The first kappa shape index (κ1) is 8.52. The molecule has 2 N–H and O–H groups in total. The van der Waals surface area contributed by atoms with Crippen molar-refractivity contribution in [3.63, 3.8) is 0 Å². The molecule has 0 amide bonds. The molecule has 70 valence electrons. The molecule has 1 saturated carbocycles. The van der Waals surface area contributed by atoms with Crippen molar-refractivity contribution in [2.45, 2.75) is 38.1 Å². The summed E-state index contributed by atoms with van der Waals surface area (Å²) in [5.74, 6) is 0.822. The average molecular weight is 168 g/mol. The molecule has 1 saturated heterocycles. The summed E-state index contributed by atoms with van der Waals surface area (Å²) in [5, 5.41) is 0. The third-order valence-electron chi connectivity index (χ3n) is 4.00. The monoisotopic (exact) mass is 168 g/mol. The molecule has 2 atom stereocenters. The SMILES string of the molecule is CC1CCCC1(CN)N1CCC1. The minimum atomic E-state index is 0.401. The van der Waals surface area contributed by atoms with Crippen molar-refractivity contribution in [2.75, 3.05) is 19.6 Å². The maximum Gasteiger partial charge on any atom is 0.0357 e. The average Bonchev–Trinajstić information content (AvgIpc) is 2.30. The van der Waals surface area contributed by atoms with Gasteiger partial charge in [0.05, 0.1) is 0 Å². The van der Waals surface area contributed by atoms with E-state index in [0.29, 0.717) is 5.54 Å². The Hall–Kier alpha value is -0.0800. The molecule has 2 nitrogen and oxygen atoms in total. The van der Waals surface area contributed by atoms with Gasteiger partial charge in [-0.15, -0.1) is 0 Å². The fourth-order valence-corrected chi connectivity index (χ4v) is 2.89. The molecule has 2 rings (SSSR count). The van der Waals surface area contributed by atoms with Crippen LogP contribution >= 0.6 is 0 Å². The molecule has 1 aliphatic heterocycles. The first-order valence-corrected chi connectivity index (χ1v) is 5.25. The summed E-state index contributed by atoms with van der Waals surface area (Å²) in [7, 11) is 0. The van der Waals surface area contributed by atoms with Crippen LogP contribution < -0.4 is 5.73 Å². The highest BCUT2D eigenvalue weighted by Gasteiger charge is 2.45. The van der Waals surface area contributed by atoms with Gasteiger partial charge in [0.15, 0.2) is 0 Å². The van der Waals surface area contributed by atoms with Crippen LogP contribution in [0, 0.1) is 5.92 Å². The lowest BCUT2D eigenvalue weighted by Crippen LogP contribution is -2.60. The van der Waals surface area contributed by atoms with E-state index in [-0.39, 0.29) is 0 Å². The molecule has 0 aromatic carbocycles. The van der Waals surface area contributed by atoms with Crippen LogP contribution in [0.4, 0.5) is 0 Å². The Morgan fingerprint density at radius 3 is 2.50 bits per heavy atom. The zero-order chi connectivity index (χ0) is 8.60. The van der Waals surface area contributed by atoms with Crippen molar-refractivity contribution in [1.29, 1.82) is 0 Å². The molecule has 1 aliphatic carbocycles. The van der Waals surface area contributed by atoms with Gasteiger partial charge in [-0.25, -0.2) is 0 Å². The van der Waals surface area contributed by atoms with Crippen LogP contribution in [-0.4, -0.2) is 30.1 Å². The lowest BCUT2D eigenvalue weighted by atomic mass is 9.84. The first-order valence-electron chi connectivity index (χ1n) is 5.25. The Bertz CT molecular complexity index is 165. The minimum absolute atomic E-state index is 0.401. The lowest BCUT2D eigenvalue weighted by Gasteiger charge is -2.49. The zero-order valence-corrected chi connectivity index (χ0v) is 8.05. The van der Waals surface area contributed by atoms with Crippen LogP contribution in [0.3, 0.4) is 0 Å². The second kappa shape index (κ2) is 3.00. The Morgan fingerprint density at radius 1 is 1.42 bits per heavy atom. The van der Waals surface area contributed by atoms with E-state index >= 15 is 0 Å². The number of hydrogen-bond acceptors (Lipinski definition) is 2. The van der Waals surface area contributed by atoms with Crippen LogP contribution in [0.25, 0.3) is 0 Å². The van der Waals surface area contributed by atoms with Crippen LogP contribution in [0.5, 0.6) is 0 Å². The van der Waals surface area contributed by atoms with E-state index in [2.05, 4.69) is 11.8 Å². The van der Waals surface area contributed by atoms with Crippen LogP contribution in [0.2, 0.25) is 0 Å². The van der Waals surface area contributed by atoms with Gasteiger partial charge in [0.2, 0.25) is 0 Å². The fourth-order valence-electron chi connectivity index (χ4n) is 2.89. The molecule has 2 fully saturated rings. The van der Waals surface area contributed by atoms with E-state index in [1.165, 1.54) is 38.8 Å². The van der Waals surface area contributed by atoms with Crippen molar-refractivity contribution in [1.82, 2.24) is 4.90 Å². The largest absolute Gasteiger partial charge is 0.329 e. The number of likely N-dealkylation sites (tertiary alicyclic amines) is 1. The van der Waals surface area contributed by atoms with Crippen molar-refractivity contribution >= 4 is 0 Å². The third kappa shape index (κ3) is 1.01. The topological polar surface area (TPSA) is 29.3 Å². The van der Waals surface area contributed by atoms with Crippen molar-refractivity contribution in [2.24, 2.45) is 11.7 Å². The van der Waals surface area contributed by atoms with E-state index in [9.17, 15) is 0 Å². The highest BCUT2D eigenvalue weighted by atomic mass is 15.3. The molecule has 0 aromatic heterocycles. The summed E-state index contributed by atoms with van der Waals surface area (Å²) in [4.78, 5) is 2.62. The van der Waals surface area contributed by atoms with E-state index in [1.54, 1.807) is 0 Å². The maximum atomic E-state index is 5.93. The Kier molecular flexibility index (Phi) is 2.13. The third-order valence-corrected chi connectivity index (χ3v) is 4.00. The molecule has 0 bridgehead atoms. The molecule has 2 heteroatoms. The van der Waals surface area contributed by atoms with E-state index < -0.39 is 0 Å². The quantitative estimate of drug-likeness (QED) is 0.671. The van der Waals surface area contributed by atoms with Gasteiger partial charge in [-0.05, 0) is 38.3 Å². The van der Waals surface area contributed by atoms with Gasteiger partial charge >= 0.3 is 0 Å². The van der Waals surface area contributed by atoms with Crippen molar-refractivity contribution in [3.05, 3.63) is 0 Å². The van der Waals surface area contributed by atoms with Crippen LogP contribution in [0.15, 0.2) is 0 Å². The number of hydrogen-bond donors (Lipinski definition) is 1. The van der Waals surface area contributed by atoms with Crippen molar-refractivity contribution < 1.29 is 0 Å². The Balaban J connectivity index is 2.11. The highest BCUT2D eigenvalue weighted by molar-refractivity contribution is 5.02. The van der Waals surface area contributed by atoms with Crippen molar-refractivity contribution in [3.8, 4) is 0 Å². The number of nitrogens with two attached hydrogens (primary N) is 1. The van der Waals surface area contributed by atoms with E-state index in [4.69, 9.17) is 5.73 Å². The van der Waals surface area contributed by atoms with Gasteiger partial charge in [-0.2, -0.15) is 0 Å². The van der Waals surface area contributed by atoms with E-state index in [0.717, 1.165) is 12.5 Å². The Morgan fingerprint density at radius 2 is 2.17 bits per heavy atom. The van der Waals surface area contributed by atoms with E-state index in [1.807, 2.05) is 0 Å². The number of nitrogens with zero attached hydrogens (tertiary/aromatic N) is 1. The second-order valence-corrected chi connectivity index (χ2v) is 4.44. The van der Waals surface area contributed by atoms with Gasteiger partial charge in [0.1, 0.15) is 0 Å². The van der Waals surface area contributed by atoms with Gasteiger partial charge in [0, 0.05) is 12.1 Å². The normalized spacial score (nSPS) is 43.0. The smallest absolute Gasteiger partial charge is 0.0357 e. The summed E-state index contributed by atoms with van der Waals surface area (Å²) >= 11 is 0. The summed E-state index contributed by atoms with van der Waals surface area (Å²) < 4.78 is 0. The number of rotatable bonds is 2. The molecule has 12 heavy (non-hydrogen) atoms. The highest BCUT2D eigenvalue weighted by Crippen LogP contribution is 2.41. The van der Waals surface area contributed by atoms with Gasteiger partial charge in [-0.1, -0.05) is 13.3 Å². The molecule has 2 unspecified atom stereocenters. The molecule has 2 aliphatic rings. The second-order valence-electron chi connectivity index (χ2n) is 4.44. The lowest BCUT2D eigenvalue weighted by molar-refractivity contribution is 0.0115. The summed E-state index contributed by atoms with van der Waals surface area (Å²) in [6.07, 6.45) is 5.49. The molecule has 1 heterocycles. The van der Waals surface area contributed by atoms with Gasteiger partial charge < -0.3 is 5.73 Å². The Labute approximate surface area is 75.1 Å². The van der Waals surface area contributed by atoms with Gasteiger partial charge in [0.25, 0.3) is 0 Å². The first-order chi connectivity index (χ1) is 5.79. The minimum Gasteiger partial charge on any atom is -0.329 e. The summed E-state index contributed by atoms with van der Waals surface area (Å²) in [5.41, 5.74) is 6.33. The van der Waals surface area contributed by atoms with Crippen LogP contribution in [0.1, 0.15) is 32.6 Å².